The molecule has 1 N–H and O–H groups in total. The van der Waals surface area contributed by atoms with E-state index in [4.69, 9.17) is 0 Å². The smallest absolute Gasteiger partial charge is 0.271 e. The second-order valence-electron chi connectivity index (χ2n) is 4.09. The molecule has 0 bridgehead atoms. The Morgan fingerprint density at radius 2 is 2.18 bits per heavy atom. The summed E-state index contributed by atoms with van der Waals surface area (Å²) in [7, 11) is 3.95. The minimum absolute atomic E-state index is 0.0932. The third-order valence-electron chi connectivity index (χ3n) is 2.44. The van der Waals surface area contributed by atoms with E-state index >= 15 is 0 Å². The normalized spacial score (nSPS) is 11.0. The summed E-state index contributed by atoms with van der Waals surface area (Å²) in [5, 5.41) is 3.80. The molecule has 5 heteroatoms. The second kappa shape index (κ2) is 5.25. The van der Waals surface area contributed by atoms with Crippen LogP contribution >= 0.6 is 11.5 Å². The molecule has 17 heavy (non-hydrogen) atoms. The molecule has 0 spiro atoms. The van der Waals surface area contributed by atoms with E-state index in [2.05, 4.69) is 9.69 Å². The van der Waals surface area contributed by atoms with Gasteiger partial charge in [0.1, 0.15) is 5.69 Å². The second-order valence-corrected chi connectivity index (χ2v) is 4.89. The number of aromatic nitrogens is 1. The van der Waals surface area contributed by atoms with Gasteiger partial charge < -0.3 is 10.2 Å². The number of carbonyl (C=O) groups excluding carboxylic acids is 1. The molecule has 0 unspecified atom stereocenters. The monoisotopic (exact) mass is 249 g/mol. The van der Waals surface area contributed by atoms with E-state index in [1.807, 2.05) is 43.3 Å². The largest absolute Gasteiger partial charge is 0.349 e. The molecule has 4 nitrogen and oxygen atoms in total. The van der Waals surface area contributed by atoms with Crippen molar-refractivity contribution in [3.05, 3.63) is 30.0 Å². The maximum atomic E-state index is 11.9. The summed E-state index contributed by atoms with van der Waals surface area (Å²) >= 11 is 1.36. The minimum Gasteiger partial charge on any atom is -0.349 e. The Kier molecular flexibility index (Phi) is 3.71. The van der Waals surface area contributed by atoms with E-state index < -0.39 is 0 Å². The molecule has 2 rings (SSSR count). The standard InChI is InChI=1S/C12H15N3OS/c1-15(2)8-7-13-12(16)11-9-5-3-4-6-10(9)17-14-11/h3-6H,7-8H2,1-2H3,(H,13,16). The lowest BCUT2D eigenvalue weighted by Crippen LogP contribution is -2.31. The van der Waals surface area contributed by atoms with Crippen LogP contribution in [0.1, 0.15) is 10.5 Å². The fraction of sp³-hybridized carbons (Fsp3) is 0.333. The molecule has 0 radical (unpaired) electrons. The van der Waals surface area contributed by atoms with Crippen LogP contribution in [0.4, 0.5) is 0 Å². The molecule has 1 heterocycles. The van der Waals surface area contributed by atoms with E-state index in [1.54, 1.807) is 0 Å². The van der Waals surface area contributed by atoms with Crippen molar-refractivity contribution in [1.82, 2.24) is 14.6 Å². The van der Waals surface area contributed by atoms with Crippen LogP contribution in [0.3, 0.4) is 0 Å². The zero-order valence-corrected chi connectivity index (χ0v) is 10.8. The van der Waals surface area contributed by atoms with Gasteiger partial charge in [0.2, 0.25) is 0 Å². The third kappa shape index (κ3) is 2.81. The van der Waals surface area contributed by atoms with E-state index in [0.717, 1.165) is 16.6 Å². The first kappa shape index (κ1) is 12.0. The van der Waals surface area contributed by atoms with Gasteiger partial charge in [0.05, 0.1) is 4.70 Å². The first-order chi connectivity index (χ1) is 8.18. The van der Waals surface area contributed by atoms with Crippen molar-refractivity contribution < 1.29 is 4.79 Å². The third-order valence-corrected chi connectivity index (χ3v) is 3.26. The van der Waals surface area contributed by atoms with Gasteiger partial charge >= 0.3 is 0 Å². The fourth-order valence-electron chi connectivity index (χ4n) is 1.53. The predicted octanol–water partition coefficient (Wildman–Crippen LogP) is 1.59. The first-order valence-electron chi connectivity index (χ1n) is 5.46. The Hall–Kier alpha value is -1.46. The Morgan fingerprint density at radius 3 is 2.94 bits per heavy atom. The maximum Gasteiger partial charge on any atom is 0.271 e. The van der Waals surface area contributed by atoms with Crippen LogP contribution in [0.15, 0.2) is 24.3 Å². The van der Waals surface area contributed by atoms with Crippen molar-refractivity contribution in [3.8, 4) is 0 Å². The summed E-state index contributed by atoms with van der Waals surface area (Å²) in [6.45, 7) is 1.46. The summed E-state index contributed by atoms with van der Waals surface area (Å²) < 4.78 is 5.26. The average Bonchev–Trinajstić information content (AvgIpc) is 2.72. The zero-order valence-electron chi connectivity index (χ0n) is 9.93. The number of fused-ring (bicyclic) bond motifs is 1. The number of carbonyl (C=O) groups is 1. The van der Waals surface area contributed by atoms with Crippen LogP contribution in [0, 0.1) is 0 Å². The molecule has 0 aliphatic heterocycles. The number of nitrogens with zero attached hydrogens (tertiary/aromatic N) is 2. The highest BCUT2D eigenvalue weighted by Crippen LogP contribution is 2.21. The average molecular weight is 249 g/mol. The van der Waals surface area contributed by atoms with Gasteiger partial charge in [-0.05, 0) is 31.7 Å². The van der Waals surface area contributed by atoms with Gasteiger partial charge in [-0.15, -0.1) is 0 Å². The van der Waals surface area contributed by atoms with Gasteiger partial charge in [-0.1, -0.05) is 18.2 Å². The van der Waals surface area contributed by atoms with E-state index in [0.29, 0.717) is 12.2 Å². The number of nitrogens with one attached hydrogen (secondary N) is 1. The fourth-order valence-corrected chi connectivity index (χ4v) is 2.30. The van der Waals surface area contributed by atoms with Crippen molar-refractivity contribution >= 4 is 27.5 Å². The lowest BCUT2D eigenvalue weighted by Gasteiger charge is -2.09. The Bertz CT molecular complexity index is 521. The summed E-state index contributed by atoms with van der Waals surface area (Å²) in [5.74, 6) is -0.0932. The first-order valence-corrected chi connectivity index (χ1v) is 6.23. The van der Waals surface area contributed by atoms with Crippen molar-refractivity contribution in [2.24, 2.45) is 0 Å². The SMILES string of the molecule is CN(C)CCNC(=O)c1nsc2ccccc12. The van der Waals surface area contributed by atoms with Crippen molar-refractivity contribution in [2.45, 2.75) is 0 Å². The van der Waals surface area contributed by atoms with Crippen LogP contribution in [-0.2, 0) is 0 Å². The number of hydrogen-bond acceptors (Lipinski definition) is 4. The van der Waals surface area contributed by atoms with E-state index in [1.165, 1.54) is 11.5 Å². The number of benzene rings is 1. The molecule has 1 aromatic heterocycles. The number of hydrogen-bond donors (Lipinski definition) is 1. The molecular formula is C12H15N3OS. The lowest BCUT2D eigenvalue weighted by molar-refractivity contribution is 0.0949. The molecule has 1 aromatic carbocycles. The molecule has 2 aromatic rings. The van der Waals surface area contributed by atoms with Crippen LogP contribution in [0.5, 0.6) is 0 Å². The quantitative estimate of drug-likeness (QED) is 0.895. The number of likely N-dealkylation sites (N-methyl/N-ethyl adjacent to an activating group) is 1. The lowest BCUT2D eigenvalue weighted by atomic mass is 10.2. The topological polar surface area (TPSA) is 45.2 Å². The Balaban J connectivity index is 2.09. The minimum atomic E-state index is -0.0932. The summed E-state index contributed by atoms with van der Waals surface area (Å²) in [6.07, 6.45) is 0. The van der Waals surface area contributed by atoms with Gasteiger partial charge in [0.15, 0.2) is 0 Å². The summed E-state index contributed by atoms with van der Waals surface area (Å²) in [5.41, 5.74) is 0.532. The molecule has 0 saturated carbocycles. The number of amides is 1. The van der Waals surface area contributed by atoms with Crippen molar-refractivity contribution in [3.63, 3.8) is 0 Å². The highest BCUT2D eigenvalue weighted by molar-refractivity contribution is 7.13. The Morgan fingerprint density at radius 1 is 1.41 bits per heavy atom. The summed E-state index contributed by atoms with van der Waals surface area (Å²) in [6, 6.07) is 7.78. The van der Waals surface area contributed by atoms with Crippen molar-refractivity contribution in [1.29, 1.82) is 0 Å². The van der Waals surface area contributed by atoms with Gasteiger partial charge in [-0.2, -0.15) is 4.37 Å². The van der Waals surface area contributed by atoms with Crippen LogP contribution in [0.25, 0.3) is 10.1 Å². The molecule has 0 atom stereocenters. The maximum absolute atomic E-state index is 11.9. The molecular weight excluding hydrogens is 234 g/mol. The van der Waals surface area contributed by atoms with Gasteiger partial charge in [-0.3, -0.25) is 4.79 Å². The predicted molar refractivity (Wildman–Crippen MR) is 70.5 cm³/mol. The van der Waals surface area contributed by atoms with Crippen molar-refractivity contribution in [2.75, 3.05) is 27.2 Å². The Labute approximate surface area is 104 Å². The molecule has 0 fully saturated rings. The van der Waals surface area contributed by atoms with Gasteiger partial charge in [0.25, 0.3) is 5.91 Å². The molecule has 0 saturated heterocycles. The highest BCUT2D eigenvalue weighted by Gasteiger charge is 2.13. The molecule has 1 amide bonds. The summed E-state index contributed by atoms with van der Waals surface area (Å²) in [4.78, 5) is 13.9. The van der Waals surface area contributed by atoms with E-state index in [-0.39, 0.29) is 5.91 Å². The van der Waals surface area contributed by atoms with E-state index in [9.17, 15) is 4.79 Å². The van der Waals surface area contributed by atoms with Gasteiger partial charge in [0, 0.05) is 18.5 Å². The zero-order chi connectivity index (χ0) is 12.3. The number of rotatable bonds is 4. The molecule has 0 aliphatic carbocycles. The molecule has 90 valence electrons. The van der Waals surface area contributed by atoms with Crippen LogP contribution < -0.4 is 5.32 Å². The van der Waals surface area contributed by atoms with Crippen LogP contribution in [0.2, 0.25) is 0 Å². The van der Waals surface area contributed by atoms with Gasteiger partial charge in [-0.25, -0.2) is 0 Å². The molecule has 0 aliphatic rings. The van der Waals surface area contributed by atoms with Crippen LogP contribution in [-0.4, -0.2) is 42.4 Å². The highest BCUT2D eigenvalue weighted by atomic mass is 32.1.